The molecule has 0 saturated heterocycles. The minimum atomic E-state index is -4.37. The van der Waals surface area contributed by atoms with Crippen molar-refractivity contribution in [3.63, 3.8) is 0 Å². The van der Waals surface area contributed by atoms with Crippen LogP contribution in [0.25, 0.3) is 0 Å². The van der Waals surface area contributed by atoms with E-state index in [1.165, 1.54) is 17.0 Å². The molecule has 0 spiro atoms. The molecule has 1 aromatic rings. The summed E-state index contributed by atoms with van der Waals surface area (Å²) >= 11 is 0. The van der Waals surface area contributed by atoms with Crippen molar-refractivity contribution in [3.05, 3.63) is 35.4 Å². The van der Waals surface area contributed by atoms with Crippen LogP contribution >= 0.6 is 0 Å². The molecular weight excluding hydrogens is 309 g/mol. The van der Waals surface area contributed by atoms with Crippen LogP contribution in [0.1, 0.15) is 30.9 Å². The molecular formula is C16H21F3N2O2. The molecule has 1 saturated carbocycles. The van der Waals surface area contributed by atoms with Crippen LogP contribution in [0, 0.1) is 0 Å². The summed E-state index contributed by atoms with van der Waals surface area (Å²) in [5.74, 6) is 0. The Bertz CT molecular complexity index is 557. The Labute approximate surface area is 133 Å². The van der Waals surface area contributed by atoms with Gasteiger partial charge < -0.3 is 15.3 Å². The van der Waals surface area contributed by atoms with Gasteiger partial charge >= 0.3 is 12.2 Å². The Hall–Kier alpha value is -1.76. The van der Waals surface area contributed by atoms with Gasteiger partial charge in [0.2, 0.25) is 0 Å². The van der Waals surface area contributed by atoms with Gasteiger partial charge in [0, 0.05) is 25.0 Å². The van der Waals surface area contributed by atoms with Crippen LogP contribution in [0.2, 0.25) is 0 Å². The minimum Gasteiger partial charge on any atom is -0.395 e. The van der Waals surface area contributed by atoms with Gasteiger partial charge in [-0.1, -0.05) is 18.2 Å². The summed E-state index contributed by atoms with van der Waals surface area (Å²) in [5.41, 5.74) is -0.462. The van der Waals surface area contributed by atoms with Crippen LogP contribution in [0.5, 0.6) is 0 Å². The third kappa shape index (κ3) is 4.16. The molecule has 23 heavy (non-hydrogen) atoms. The average molecular weight is 330 g/mol. The summed E-state index contributed by atoms with van der Waals surface area (Å²) < 4.78 is 38.5. The first kappa shape index (κ1) is 17.6. The number of carbonyl (C=O) groups excluding carboxylic acids is 1. The van der Waals surface area contributed by atoms with Crippen LogP contribution in [-0.2, 0) is 11.6 Å². The first-order valence-corrected chi connectivity index (χ1v) is 7.64. The number of amides is 2. The predicted octanol–water partition coefficient (Wildman–Crippen LogP) is 2.76. The molecule has 2 amide bonds. The lowest BCUT2D eigenvalue weighted by Gasteiger charge is -2.23. The molecule has 0 aliphatic heterocycles. The maximum atomic E-state index is 12.8. The molecule has 0 heterocycles. The van der Waals surface area contributed by atoms with Crippen molar-refractivity contribution < 1.29 is 23.1 Å². The third-order valence-corrected chi connectivity index (χ3v) is 4.27. The van der Waals surface area contributed by atoms with Crippen LogP contribution in [0.3, 0.4) is 0 Å². The molecule has 128 valence electrons. The Morgan fingerprint density at radius 1 is 1.39 bits per heavy atom. The molecule has 4 nitrogen and oxygen atoms in total. The van der Waals surface area contributed by atoms with Crippen molar-refractivity contribution in [1.29, 1.82) is 0 Å². The second kappa shape index (κ2) is 6.78. The monoisotopic (exact) mass is 330 g/mol. The first-order valence-electron chi connectivity index (χ1n) is 7.64. The standard InChI is InChI=1S/C16H21F3N2O2/c1-2-21(8-9-22)14(23)20-11-15(6-7-15)12-4-3-5-13(10-12)16(17,18)19/h3-5,10,22H,2,6-9,11H2,1H3,(H,20,23). The van der Waals surface area contributed by atoms with Crippen molar-refractivity contribution in [3.8, 4) is 0 Å². The number of hydrogen-bond donors (Lipinski definition) is 2. The van der Waals surface area contributed by atoms with Crippen LogP contribution in [0.15, 0.2) is 24.3 Å². The van der Waals surface area contributed by atoms with E-state index in [4.69, 9.17) is 5.11 Å². The summed E-state index contributed by atoms with van der Waals surface area (Å²) in [5, 5.41) is 11.7. The summed E-state index contributed by atoms with van der Waals surface area (Å²) in [4.78, 5) is 13.5. The average Bonchev–Trinajstić information content (AvgIpc) is 3.31. The second-order valence-electron chi connectivity index (χ2n) is 5.82. The molecule has 0 atom stereocenters. The van der Waals surface area contributed by atoms with Gasteiger partial charge in [-0.05, 0) is 31.4 Å². The van der Waals surface area contributed by atoms with Gasteiger partial charge in [0.1, 0.15) is 0 Å². The van der Waals surface area contributed by atoms with Gasteiger partial charge in [0.05, 0.1) is 12.2 Å². The highest BCUT2D eigenvalue weighted by atomic mass is 19.4. The number of benzene rings is 1. The summed E-state index contributed by atoms with van der Waals surface area (Å²) in [7, 11) is 0. The lowest BCUT2D eigenvalue weighted by Crippen LogP contribution is -2.44. The molecule has 1 aliphatic rings. The first-order chi connectivity index (χ1) is 10.8. The molecule has 2 rings (SSSR count). The fraction of sp³-hybridized carbons (Fsp3) is 0.562. The third-order valence-electron chi connectivity index (χ3n) is 4.27. The molecule has 7 heteroatoms. The van der Waals surface area contributed by atoms with Crippen molar-refractivity contribution in [2.24, 2.45) is 0 Å². The largest absolute Gasteiger partial charge is 0.416 e. The summed E-state index contributed by atoms with van der Waals surface area (Å²) in [6.07, 6.45) is -2.86. The number of hydrogen-bond acceptors (Lipinski definition) is 2. The molecule has 2 N–H and O–H groups in total. The number of aliphatic hydroxyl groups is 1. The van der Waals surface area contributed by atoms with Crippen molar-refractivity contribution in [2.75, 3.05) is 26.2 Å². The zero-order valence-corrected chi connectivity index (χ0v) is 13.0. The maximum absolute atomic E-state index is 12.8. The van der Waals surface area contributed by atoms with Gasteiger partial charge in [0.25, 0.3) is 0 Å². The number of rotatable bonds is 6. The molecule has 0 aromatic heterocycles. The van der Waals surface area contributed by atoms with E-state index in [2.05, 4.69) is 5.32 Å². The van der Waals surface area contributed by atoms with E-state index in [9.17, 15) is 18.0 Å². The Morgan fingerprint density at radius 3 is 2.61 bits per heavy atom. The summed E-state index contributed by atoms with van der Waals surface area (Å²) in [6, 6.07) is 5.01. The fourth-order valence-corrected chi connectivity index (χ4v) is 2.62. The van der Waals surface area contributed by atoms with Crippen LogP contribution in [-0.4, -0.2) is 42.3 Å². The van der Waals surface area contributed by atoms with E-state index in [1.54, 1.807) is 13.0 Å². The zero-order chi connectivity index (χ0) is 17.1. The second-order valence-corrected chi connectivity index (χ2v) is 5.82. The Kier molecular flexibility index (Phi) is 5.19. The topological polar surface area (TPSA) is 52.6 Å². The number of halogens is 3. The van der Waals surface area contributed by atoms with Gasteiger partial charge in [-0.3, -0.25) is 0 Å². The van der Waals surface area contributed by atoms with E-state index in [1.807, 2.05) is 0 Å². The number of alkyl halides is 3. The minimum absolute atomic E-state index is 0.125. The molecule has 1 fully saturated rings. The smallest absolute Gasteiger partial charge is 0.395 e. The number of likely N-dealkylation sites (N-methyl/N-ethyl adjacent to an activating group) is 1. The van der Waals surface area contributed by atoms with Crippen molar-refractivity contribution in [1.82, 2.24) is 10.2 Å². The van der Waals surface area contributed by atoms with Gasteiger partial charge in [-0.25, -0.2) is 4.79 Å². The predicted molar refractivity (Wildman–Crippen MR) is 80.1 cm³/mol. The fourth-order valence-electron chi connectivity index (χ4n) is 2.62. The Morgan fingerprint density at radius 2 is 2.09 bits per heavy atom. The SMILES string of the molecule is CCN(CCO)C(=O)NCC1(c2cccc(C(F)(F)F)c2)CC1. The normalized spacial score (nSPS) is 16.0. The van der Waals surface area contributed by atoms with Gasteiger partial charge in [-0.15, -0.1) is 0 Å². The highest BCUT2D eigenvalue weighted by Crippen LogP contribution is 2.48. The number of aliphatic hydroxyl groups excluding tert-OH is 1. The number of nitrogens with zero attached hydrogens (tertiary/aromatic N) is 1. The molecule has 1 aromatic carbocycles. The number of carbonyl (C=O) groups is 1. The summed E-state index contributed by atoms with van der Waals surface area (Å²) in [6.45, 7) is 2.67. The molecule has 0 radical (unpaired) electrons. The van der Waals surface area contributed by atoms with Crippen molar-refractivity contribution >= 4 is 6.03 Å². The lowest BCUT2D eigenvalue weighted by molar-refractivity contribution is -0.137. The molecule has 0 unspecified atom stereocenters. The highest BCUT2D eigenvalue weighted by molar-refractivity contribution is 5.74. The quantitative estimate of drug-likeness (QED) is 0.843. The lowest BCUT2D eigenvalue weighted by atomic mass is 9.94. The zero-order valence-electron chi connectivity index (χ0n) is 13.0. The molecule has 1 aliphatic carbocycles. The van der Waals surface area contributed by atoms with Crippen LogP contribution < -0.4 is 5.32 Å². The van der Waals surface area contributed by atoms with Gasteiger partial charge in [0.15, 0.2) is 0 Å². The number of nitrogens with one attached hydrogen (secondary N) is 1. The van der Waals surface area contributed by atoms with Crippen LogP contribution in [0.4, 0.5) is 18.0 Å². The maximum Gasteiger partial charge on any atom is 0.416 e. The Balaban J connectivity index is 2.04. The van der Waals surface area contributed by atoms with Gasteiger partial charge in [-0.2, -0.15) is 13.2 Å². The van der Waals surface area contributed by atoms with Crippen molar-refractivity contribution in [2.45, 2.75) is 31.4 Å². The van der Waals surface area contributed by atoms with E-state index in [0.717, 1.165) is 18.9 Å². The molecule has 0 bridgehead atoms. The highest BCUT2D eigenvalue weighted by Gasteiger charge is 2.45. The number of urea groups is 1. The van der Waals surface area contributed by atoms with E-state index >= 15 is 0 Å². The van der Waals surface area contributed by atoms with E-state index in [0.29, 0.717) is 18.7 Å². The van der Waals surface area contributed by atoms with E-state index in [-0.39, 0.29) is 19.2 Å². The van der Waals surface area contributed by atoms with E-state index < -0.39 is 17.2 Å².